The SMILES string of the molecule is CNCC1CCN(c2cc([N+](=O)[O-])c(C)cn2)CC1. The van der Waals surface area contributed by atoms with E-state index in [4.69, 9.17) is 0 Å². The van der Waals surface area contributed by atoms with Crippen LogP contribution in [0.2, 0.25) is 0 Å². The summed E-state index contributed by atoms with van der Waals surface area (Å²) in [5, 5.41) is 14.1. The largest absolute Gasteiger partial charge is 0.356 e. The molecule has 1 aromatic rings. The smallest absolute Gasteiger partial charge is 0.277 e. The van der Waals surface area contributed by atoms with Crippen LogP contribution in [-0.4, -0.2) is 36.6 Å². The lowest BCUT2D eigenvalue weighted by molar-refractivity contribution is -0.385. The summed E-state index contributed by atoms with van der Waals surface area (Å²) in [5.74, 6) is 1.42. The molecular formula is C13H20N4O2. The van der Waals surface area contributed by atoms with E-state index in [0.717, 1.165) is 38.3 Å². The Morgan fingerprint density at radius 2 is 2.21 bits per heavy atom. The molecule has 6 heteroatoms. The maximum Gasteiger partial charge on any atom is 0.277 e. The van der Waals surface area contributed by atoms with Crippen LogP contribution in [0.4, 0.5) is 11.5 Å². The predicted molar refractivity (Wildman–Crippen MR) is 74.5 cm³/mol. The van der Waals surface area contributed by atoms with Crippen molar-refractivity contribution in [2.24, 2.45) is 5.92 Å². The first-order chi connectivity index (χ1) is 9.11. The Morgan fingerprint density at radius 1 is 1.53 bits per heavy atom. The predicted octanol–water partition coefficient (Wildman–Crippen LogP) is 1.73. The van der Waals surface area contributed by atoms with Gasteiger partial charge in [0.25, 0.3) is 5.69 Å². The standard InChI is InChI=1S/C13H20N4O2/c1-10-8-15-13(7-12(10)17(18)19)16-5-3-11(4-6-16)9-14-2/h7-8,11,14H,3-6,9H2,1-2H3. The van der Waals surface area contributed by atoms with Gasteiger partial charge in [0.1, 0.15) is 5.82 Å². The first kappa shape index (κ1) is 13.7. The van der Waals surface area contributed by atoms with Crippen LogP contribution in [0.15, 0.2) is 12.3 Å². The molecule has 0 radical (unpaired) electrons. The van der Waals surface area contributed by atoms with Gasteiger partial charge >= 0.3 is 0 Å². The van der Waals surface area contributed by atoms with Gasteiger partial charge in [0.2, 0.25) is 0 Å². The van der Waals surface area contributed by atoms with Crippen LogP contribution in [0.25, 0.3) is 0 Å². The van der Waals surface area contributed by atoms with Crippen LogP contribution in [0.3, 0.4) is 0 Å². The van der Waals surface area contributed by atoms with E-state index in [1.54, 1.807) is 19.2 Å². The molecule has 104 valence electrons. The van der Waals surface area contributed by atoms with Gasteiger partial charge in [-0.3, -0.25) is 10.1 Å². The second kappa shape index (κ2) is 5.97. The summed E-state index contributed by atoms with van der Waals surface area (Å²) in [7, 11) is 1.97. The zero-order chi connectivity index (χ0) is 13.8. The van der Waals surface area contributed by atoms with Crippen molar-refractivity contribution in [3.63, 3.8) is 0 Å². The Labute approximate surface area is 113 Å². The summed E-state index contributed by atoms with van der Waals surface area (Å²) in [6.07, 6.45) is 3.79. The molecule has 19 heavy (non-hydrogen) atoms. The number of piperidine rings is 1. The third-order valence-electron chi connectivity index (χ3n) is 3.69. The zero-order valence-corrected chi connectivity index (χ0v) is 11.4. The fraction of sp³-hybridized carbons (Fsp3) is 0.615. The highest BCUT2D eigenvalue weighted by Crippen LogP contribution is 2.26. The molecule has 1 aliphatic rings. The molecule has 2 heterocycles. The molecule has 0 bridgehead atoms. The van der Waals surface area contributed by atoms with E-state index in [1.165, 1.54) is 0 Å². The Morgan fingerprint density at radius 3 is 2.79 bits per heavy atom. The van der Waals surface area contributed by atoms with Crippen molar-refractivity contribution in [2.45, 2.75) is 19.8 Å². The number of rotatable bonds is 4. The van der Waals surface area contributed by atoms with Crippen molar-refractivity contribution < 1.29 is 4.92 Å². The second-order valence-electron chi connectivity index (χ2n) is 5.07. The van der Waals surface area contributed by atoms with Crippen LogP contribution in [0.5, 0.6) is 0 Å². The molecule has 0 spiro atoms. The van der Waals surface area contributed by atoms with Gasteiger partial charge in [0, 0.05) is 24.8 Å². The Hall–Kier alpha value is -1.69. The number of nitrogens with zero attached hydrogens (tertiary/aromatic N) is 3. The number of anilines is 1. The molecule has 0 aromatic carbocycles. The molecule has 1 saturated heterocycles. The fourth-order valence-electron chi connectivity index (χ4n) is 2.53. The molecule has 0 unspecified atom stereocenters. The van der Waals surface area contributed by atoms with E-state index >= 15 is 0 Å². The van der Waals surface area contributed by atoms with Crippen molar-refractivity contribution in [1.82, 2.24) is 10.3 Å². The lowest BCUT2D eigenvalue weighted by atomic mass is 9.97. The number of hydrogen-bond donors (Lipinski definition) is 1. The summed E-state index contributed by atoms with van der Waals surface area (Å²) < 4.78 is 0. The number of aryl methyl sites for hydroxylation is 1. The van der Waals surface area contributed by atoms with Crippen molar-refractivity contribution >= 4 is 11.5 Å². The third-order valence-corrected chi connectivity index (χ3v) is 3.69. The lowest BCUT2D eigenvalue weighted by Gasteiger charge is -2.32. The lowest BCUT2D eigenvalue weighted by Crippen LogP contribution is -2.37. The van der Waals surface area contributed by atoms with Crippen molar-refractivity contribution in [3.8, 4) is 0 Å². The first-order valence-corrected chi connectivity index (χ1v) is 6.62. The Bertz CT molecular complexity index is 456. The average molecular weight is 264 g/mol. The number of hydrogen-bond acceptors (Lipinski definition) is 5. The molecule has 1 N–H and O–H groups in total. The van der Waals surface area contributed by atoms with Crippen molar-refractivity contribution in [1.29, 1.82) is 0 Å². The molecule has 1 aliphatic heterocycles. The first-order valence-electron chi connectivity index (χ1n) is 6.62. The monoisotopic (exact) mass is 264 g/mol. The normalized spacial score (nSPS) is 16.6. The number of pyridine rings is 1. The minimum absolute atomic E-state index is 0.155. The highest BCUT2D eigenvalue weighted by Gasteiger charge is 2.21. The minimum Gasteiger partial charge on any atom is -0.356 e. The van der Waals surface area contributed by atoms with E-state index in [0.29, 0.717) is 11.5 Å². The average Bonchev–Trinajstić information content (AvgIpc) is 2.40. The van der Waals surface area contributed by atoms with Crippen molar-refractivity contribution in [2.75, 3.05) is 31.6 Å². The van der Waals surface area contributed by atoms with Crippen LogP contribution < -0.4 is 10.2 Å². The van der Waals surface area contributed by atoms with E-state index in [-0.39, 0.29) is 10.6 Å². The molecule has 0 saturated carbocycles. The highest BCUT2D eigenvalue weighted by molar-refractivity contribution is 5.50. The van der Waals surface area contributed by atoms with Gasteiger partial charge in [0.15, 0.2) is 0 Å². The quantitative estimate of drug-likeness (QED) is 0.662. The van der Waals surface area contributed by atoms with Crippen LogP contribution >= 0.6 is 0 Å². The fourth-order valence-corrected chi connectivity index (χ4v) is 2.53. The summed E-state index contributed by atoms with van der Waals surface area (Å²) in [6, 6.07) is 1.59. The van der Waals surface area contributed by atoms with Crippen LogP contribution in [-0.2, 0) is 0 Å². The van der Waals surface area contributed by atoms with E-state index in [2.05, 4.69) is 15.2 Å². The highest BCUT2D eigenvalue weighted by atomic mass is 16.6. The summed E-state index contributed by atoms with van der Waals surface area (Å²) in [6.45, 7) is 4.59. The number of nitrogens with one attached hydrogen (secondary N) is 1. The number of nitro groups is 1. The molecule has 1 aromatic heterocycles. The Kier molecular flexibility index (Phi) is 4.31. The van der Waals surface area contributed by atoms with Gasteiger partial charge < -0.3 is 10.2 Å². The maximum atomic E-state index is 10.9. The van der Waals surface area contributed by atoms with Gasteiger partial charge in [0.05, 0.1) is 11.0 Å². The summed E-state index contributed by atoms with van der Waals surface area (Å²) in [5.41, 5.74) is 0.765. The molecule has 2 rings (SSSR count). The molecule has 0 amide bonds. The van der Waals surface area contributed by atoms with Gasteiger partial charge in [-0.2, -0.15) is 0 Å². The van der Waals surface area contributed by atoms with Gasteiger partial charge in [-0.05, 0) is 39.3 Å². The topological polar surface area (TPSA) is 71.3 Å². The summed E-state index contributed by atoms with van der Waals surface area (Å²) in [4.78, 5) is 17.1. The molecule has 1 fully saturated rings. The molecule has 0 aliphatic carbocycles. The van der Waals surface area contributed by atoms with E-state index < -0.39 is 0 Å². The van der Waals surface area contributed by atoms with Crippen LogP contribution in [0.1, 0.15) is 18.4 Å². The molecular weight excluding hydrogens is 244 g/mol. The maximum absolute atomic E-state index is 10.9. The second-order valence-corrected chi connectivity index (χ2v) is 5.07. The van der Waals surface area contributed by atoms with E-state index in [9.17, 15) is 10.1 Å². The van der Waals surface area contributed by atoms with E-state index in [1.807, 2.05) is 7.05 Å². The zero-order valence-electron chi connectivity index (χ0n) is 11.4. The van der Waals surface area contributed by atoms with Crippen LogP contribution in [0, 0.1) is 23.0 Å². The summed E-state index contributed by atoms with van der Waals surface area (Å²) >= 11 is 0. The van der Waals surface area contributed by atoms with Gasteiger partial charge in [-0.15, -0.1) is 0 Å². The minimum atomic E-state index is -0.339. The number of aromatic nitrogens is 1. The van der Waals surface area contributed by atoms with Gasteiger partial charge in [-0.25, -0.2) is 4.98 Å². The van der Waals surface area contributed by atoms with Gasteiger partial charge in [-0.1, -0.05) is 0 Å². The van der Waals surface area contributed by atoms with Crippen molar-refractivity contribution in [3.05, 3.63) is 27.9 Å². The third kappa shape index (κ3) is 3.20. The molecule has 6 nitrogen and oxygen atoms in total. The Balaban J connectivity index is 2.07. The molecule has 0 atom stereocenters.